The molecule has 2 aromatic heterocycles. The summed E-state index contributed by atoms with van der Waals surface area (Å²) in [5.41, 5.74) is 4.37. The van der Waals surface area contributed by atoms with E-state index >= 15 is 0 Å². The first kappa shape index (κ1) is 26.0. The molecule has 1 aliphatic rings. The van der Waals surface area contributed by atoms with Gasteiger partial charge < -0.3 is 29.9 Å². The Balaban J connectivity index is 1.59. The summed E-state index contributed by atoms with van der Waals surface area (Å²) in [4.78, 5) is 15.7. The molecule has 0 spiro atoms. The van der Waals surface area contributed by atoms with Crippen LogP contribution in [0.1, 0.15) is 32.4 Å². The van der Waals surface area contributed by atoms with E-state index in [4.69, 9.17) is 19.7 Å². The molecule has 34 heavy (non-hydrogen) atoms. The molecule has 1 saturated heterocycles. The van der Waals surface area contributed by atoms with Crippen LogP contribution in [0.25, 0.3) is 5.52 Å². The first-order valence-electron chi connectivity index (χ1n) is 10.9. The minimum absolute atomic E-state index is 0.138. The second kappa shape index (κ2) is 11.2. The van der Waals surface area contributed by atoms with Crippen LogP contribution in [0.4, 0.5) is 5.82 Å². The van der Waals surface area contributed by atoms with Crippen LogP contribution in [0.15, 0.2) is 18.5 Å². The fourth-order valence-electron chi connectivity index (χ4n) is 3.69. The van der Waals surface area contributed by atoms with Gasteiger partial charge in [0.15, 0.2) is 5.82 Å². The lowest BCUT2D eigenvalue weighted by Crippen LogP contribution is -2.41. The molecule has 3 rings (SSSR count). The summed E-state index contributed by atoms with van der Waals surface area (Å²) in [7, 11) is -2.90. The Morgan fingerprint density at radius 2 is 2.18 bits per heavy atom. The molecule has 1 unspecified atom stereocenters. The lowest BCUT2D eigenvalue weighted by Gasteiger charge is -2.24. The van der Waals surface area contributed by atoms with Gasteiger partial charge in [-0.25, -0.2) is 14.6 Å². The number of nitrogens with two attached hydrogens (primary N) is 1. The molecule has 0 radical (unpaired) electrons. The maximum Gasteiger partial charge on any atom is 0.320 e. The summed E-state index contributed by atoms with van der Waals surface area (Å²) in [6, 6.07) is 4.95. The van der Waals surface area contributed by atoms with E-state index < -0.39 is 44.7 Å². The Hall–Kier alpha value is -2.59. The number of ether oxygens (including phenoxy) is 2. The SMILES string of the molecule is CCC(CC)COC(=O)CN[PH](=O)OC[C@H]1O[C@@](C#N)(c2ccc3c(N)ncnn23)[C@H](O)[C@@H]1O. The highest BCUT2D eigenvalue weighted by atomic mass is 31.1. The second-order valence-electron chi connectivity index (χ2n) is 7.92. The van der Waals surface area contributed by atoms with Crippen molar-refractivity contribution in [3.05, 3.63) is 24.2 Å². The molecular formula is C20H29N6O7P. The van der Waals surface area contributed by atoms with E-state index in [2.05, 4.69) is 15.2 Å². The molecule has 0 amide bonds. The first-order chi connectivity index (χ1) is 16.3. The van der Waals surface area contributed by atoms with Crippen molar-refractivity contribution < 1.29 is 33.6 Å². The van der Waals surface area contributed by atoms with Gasteiger partial charge in [0.05, 0.1) is 18.9 Å². The lowest BCUT2D eigenvalue weighted by molar-refractivity contribution is -0.143. The zero-order valence-electron chi connectivity index (χ0n) is 18.9. The molecule has 13 nitrogen and oxygen atoms in total. The van der Waals surface area contributed by atoms with E-state index in [0.717, 1.165) is 12.8 Å². The normalized spacial score (nSPS) is 25.5. The summed E-state index contributed by atoms with van der Waals surface area (Å²) >= 11 is 0. The van der Waals surface area contributed by atoms with Crippen molar-refractivity contribution in [1.29, 1.82) is 5.26 Å². The number of aliphatic hydroxyl groups is 2. The van der Waals surface area contributed by atoms with Crippen molar-refractivity contribution in [2.75, 3.05) is 25.5 Å². The molecule has 5 N–H and O–H groups in total. The summed E-state index contributed by atoms with van der Waals surface area (Å²) < 4.78 is 29.5. The summed E-state index contributed by atoms with van der Waals surface area (Å²) in [5, 5.41) is 37.5. The Morgan fingerprint density at radius 3 is 2.85 bits per heavy atom. The topological polar surface area (TPSA) is 194 Å². The van der Waals surface area contributed by atoms with Crippen molar-refractivity contribution in [2.45, 2.75) is 50.6 Å². The van der Waals surface area contributed by atoms with Crippen molar-refractivity contribution >= 4 is 25.5 Å². The number of anilines is 1. The molecule has 0 aliphatic carbocycles. The van der Waals surface area contributed by atoms with Crippen LogP contribution < -0.4 is 10.8 Å². The van der Waals surface area contributed by atoms with Crippen LogP contribution in [0.2, 0.25) is 0 Å². The number of hydrogen-bond donors (Lipinski definition) is 4. The number of rotatable bonds is 11. The minimum Gasteiger partial charge on any atom is -0.464 e. The van der Waals surface area contributed by atoms with Gasteiger partial charge >= 0.3 is 5.97 Å². The third kappa shape index (κ3) is 5.22. The number of esters is 1. The second-order valence-corrected chi connectivity index (χ2v) is 9.13. The number of nitriles is 1. The smallest absolute Gasteiger partial charge is 0.320 e. The summed E-state index contributed by atoms with van der Waals surface area (Å²) in [6.07, 6.45) is -1.41. The molecule has 14 heteroatoms. The van der Waals surface area contributed by atoms with Crippen molar-refractivity contribution in [3.63, 3.8) is 0 Å². The maximum atomic E-state index is 12.2. The van der Waals surface area contributed by atoms with Crippen molar-refractivity contribution in [3.8, 4) is 6.07 Å². The van der Waals surface area contributed by atoms with E-state index in [9.17, 15) is 24.8 Å². The number of aromatic nitrogens is 3. The van der Waals surface area contributed by atoms with E-state index in [-0.39, 0.29) is 30.6 Å². The van der Waals surface area contributed by atoms with Gasteiger partial charge in [-0.05, 0) is 18.1 Å². The third-order valence-corrected chi connectivity index (χ3v) is 6.77. The van der Waals surface area contributed by atoms with E-state index in [1.807, 2.05) is 19.9 Å². The highest BCUT2D eigenvalue weighted by Crippen LogP contribution is 2.41. The van der Waals surface area contributed by atoms with Gasteiger partial charge in [-0.3, -0.25) is 9.36 Å². The van der Waals surface area contributed by atoms with Gasteiger partial charge in [0.2, 0.25) is 5.60 Å². The molecule has 2 aromatic rings. The summed E-state index contributed by atoms with van der Waals surface area (Å²) in [6.45, 7) is 3.58. The number of nitrogens with zero attached hydrogens (tertiary/aromatic N) is 4. The molecule has 3 heterocycles. The molecule has 0 saturated carbocycles. The number of fused-ring (bicyclic) bond motifs is 1. The number of nitrogen functional groups attached to an aromatic ring is 1. The molecule has 0 aromatic carbocycles. The van der Waals surface area contributed by atoms with Gasteiger partial charge in [-0.15, -0.1) is 0 Å². The zero-order valence-corrected chi connectivity index (χ0v) is 19.9. The van der Waals surface area contributed by atoms with Gasteiger partial charge in [0.25, 0.3) is 8.18 Å². The van der Waals surface area contributed by atoms with Crippen molar-refractivity contribution in [2.24, 2.45) is 5.92 Å². The number of hydrogen-bond acceptors (Lipinski definition) is 11. The molecule has 1 aliphatic heterocycles. The van der Waals surface area contributed by atoms with Crippen LogP contribution in [0.5, 0.6) is 0 Å². The Kier molecular flexibility index (Phi) is 8.59. The molecule has 1 fully saturated rings. The Bertz CT molecular complexity index is 1070. The number of nitrogens with one attached hydrogen (secondary N) is 1. The highest BCUT2D eigenvalue weighted by Gasteiger charge is 2.57. The molecule has 186 valence electrons. The largest absolute Gasteiger partial charge is 0.464 e. The van der Waals surface area contributed by atoms with Crippen LogP contribution in [0, 0.1) is 17.2 Å². The predicted molar refractivity (Wildman–Crippen MR) is 120 cm³/mol. The molecule has 5 atom stereocenters. The predicted octanol–water partition coefficient (Wildman–Crippen LogP) is 0.126. The zero-order chi connectivity index (χ0) is 24.9. The van der Waals surface area contributed by atoms with Crippen LogP contribution >= 0.6 is 8.18 Å². The van der Waals surface area contributed by atoms with Crippen LogP contribution in [0.3, 0.4) is 0 Å². The van der Waals surface area contributed by atoms with Gasteiger partial charge in [0, 0.05) is 0 Å². The van der Waals surface area contributed by atoms with Crippen LogP contribution in [-0.2, 0) is 29.0 Å². The van der Waals surface area contributed by atoms with Gasteiger partial charge in [-0.2, -0.15) is 10.4 Å². The Labute approximate surface area is 196 Å². The fraction of sp³-hybridized carbons (Fsp3) is 0.600. The average Bonchev–Trinajstić information content (AvgIpc) is 3.38. The fourth-order valence-corrected chi connectivity index (χ4v) is 4.40. The lowest BCUT2D eigenvalue weighted by atomic mass is 9.92. The number of carbonyl (C=O) groups excluding carboxylic acids is 1. The first-order valence-corrected chi connectivity index (χ1v) is 12.2. The van der Waals surface area contributed by atoms with Crippen molar-refractivity contribution in [1.82, 2.24) is 19.7 Å². The Morgan fingerprint density at radius 1 is 1.44 bits per heavy atom. The van der Waals surface area contributed by atoms with E-state index in [1.165, 1.54) is 16.9 Å². The average molecular weight is 496 g/mol. The minimum atomic E-state index is -2.90. The number of carbonyl (C=O) groups is 1. The quantitative estimate of drug-likeness (QED) is 0.243. The molecular weight excluding hydrogens is 467 g/mol. The number of aliphatic hydroxyl groups excluding tert-OH is 2. The van der Waals surface area contributed by atoms with Crippen LogP contribution in [-0.4, -0.2) is 68.9 Å². The standard InChI is InChI=1S/C20H29N6O7P/c1-3-12(4-2)8-31-16(27)7-25-34(30)32-9-14-17(28)18(29)20(10-21,33-14)15-6-5-13-19(22)23-11-24-26(13)15/h5-6,11-12,14,17-18,28-29,34H,3-4,7-9H2,1-2H3,(H,25,30)(H2,22,23,24)/t14-,17-,18-,20+/m1/s1. The maximum absolute atomic E-state index is 12.2. The highest BCUT2D eigenvalue weighted by molar-refractivity contribution is 7.36. The van der Waals surface area contributed by atoms with Gasteiger partial charge in [-0.1, -0.05) is 26.7 Å². The van der Waals surface area contributed by atoms with E-state index in [0.29, 0.717) is 5.52 Å². The monoisotopic (exact) mass is 496 g/mol. The third-order valence-electron chi connectivity index (χ3n) is 5.88. The van der Waals surface area contributed by atoms with E-state index in [1.54, 1.807) is 6.07 Å². The molecule has 0 bridgehead atoms. The van der Waals surface area contributed by atoms with Gasteiger partial charge in [0.1, 0.15) is 42.8 Å². The summed E-state index contributed by atoms with van der Waals surface area (Å²) in [5.74, 6) is -0.137.